The van der Waals surface area contributed by atoms with Crippen molar-refractivity contribution in [2.75, 3.05) is 13.6 Å². The van der Waals surface area contributed by atoms with Crippen molar-refractivity contribution < 1.29 is 8.78 Å². The standard InChI is InChI=1S/C8H15F2N/c1-6-7(2)11(3)5-4-8(6,9)10/h6-7H,4-5H2,1-3H3. The van der Waals surface area contributed by atoms with Gasteiger partial charge in [-0.05, 0) is 14.0 Å². The topological polar surface area (TPSA) is 3.24 Å². The monoisotopic (exact) mass is 163 g/mol. The van der Waals surface area contributed by atoms with Crippen molar-refractivity contribution in [1.82, 2.24) is 4.90 Å². The Hall–Kier alpha value is -0.180. The lowest BCUT2D eigenvalue weighted by molar-refractivity contribution is -0.115. The van der Waals surface area contributed by atoms with Gasteiger partial charge in [-0.1, -0.05) is 6.92 Å². The molecule has 0 radical (unpaired) electrons. The molecule has 1 fully saturated rings. The number of alkyl halides is 2. The van der Waals surface area contributed by atoms with Gasteiger partial charge in [0.25, 0.3) is 5.92 Å². The Morgan fingerprint density at radius 1 is 1.36 bits per heavy atom. The molecule has 0 aromatic carbocycles. The van der Waals surface area contributed by atoms with E-state index < -0.39 is 11.8 Å². The third-order valence-corrected chi connectivity index (χ3v) is 2.88. The van der Waals surface area contributed by atoms with Crippen LogP contribution in [0.2, 0.25) is 0 Å². The lowest BCUT2D eigenvalue weighted by Crippen LogP contribution is -2.50. The molecule has 0 aromatic heterocycles. The van der Waals surface area contributed by atoms with Crippen LogP contribution >= 0.6 is 0 Å². The molecule has 0 N–H and O–H groups in total. The molecule has 11 heavy (non-hydrogen) atoms. The summed E-state index contributed by atoms with van der Waals surface area (Å²) in [6, 6.07) is -0.00116. The van der Waals surface area contributed by atoms with Crippen LogP contribution < -0.4 is 0 Å². The Balaban J connectivity index is 2.67. The van der Waals surface area contributed by atoms with Crippen LogP contribution in [-0.2, 0) is 0 Å². The number of nitrogens with zero attached hydrogens (tertiary/aromatic N) is 1. The van der Waals surface area contributed by atoms with Gasteiger partial charge < -0.3 is 4.90 Å². The largest absolute Gasteiger partial charge is 0.303 e. The fourth-order valence-corrected chi connectivity index (χ4v) is 1.49. The van der Waals surface area contributed by atoms with Crippen LogP contribution in [-0.4, -0.2) is 30.5 Å². The minimum Gasteiger partial charge on any atom is -0.303 e. The molecule has 3 heteroatoms. The number of likely N-dealkylation sites (tertiary alicyclic amines) is 1. The van der Waals surface area contributed by atoms with Crippen molar-refractivity contribution in [2.24, 2.45) is 5.92 Å². The van der Waals surface area contributed by atoms with Crippen LogP contribution in [0.1, 0.15) is 20.3 Å². The maximum absolute atomic E-state index is 13.0. The van der Waals surface area contributed by atoms with Crippen molar-refractivity contribution in [3.8, 4) is 0 Å². The van der Waals surface area contributed by atoms with Gasteiger partial charge in [-0.15, -0.1) is 0 Å². The molecule has 0 aromatic rings. The number of rotatable bonds is 0. The summed E-state index contributed by atoms with van der Waals surface area (Å²) < 4.78 is 26.0. The summed E-state index contributed by atoms with van der Waals surface area (Å²) in [6.07, 6.45) is 0.00894. The number of hydrogen-bond acceptors (Lipinski definition) is 1. The zero-order valence-electron chi connectivity index (χ0n) is 7.27. The fraction of sp³-hybridized carbons (Fsp3) is 1.00. The molecule has 1 heterocycles. The first kappa shape index (κ1) is 8.91. The molecule has 0 bridgehead atoms. The van der Waals surface area contributed by atoms with E-state index in [1.807, 2.05) is 18.9 Å². The molecule has 2 atom stereocenters. The Bertz CT molecular complexity index is 147. The van der Waals surface area contributed by atoms with Gasteiger partial charge in [0.2, 0.25) is 0 Å². The first-order valence-corrected chi connectivity index (χ1v) is 4.03. The van der Waals surface area contributed by atoms with E-state index in [4.69, 9.17) is 0 Å². The lowest BCUT2D eigenvalue weighted by Gasteiger charge is -2.40. The smallest absolute Gasteiger partial charge is 0.253 e. The molecule has 1 rings (SSSR count). The quantitative estimate of drug-likeness (QED) is 0.528. The molecule has 0 amide bonds. The Morgan fingerprint density at radius 3 is 2.36 bits per heavy atom. The molecule has 1 aliphatic rings. The summed E-state index contributed by atoms with van der Waals surface area (Å²) in [6.45, 7) is 4.00. The zero-order valence-corrected chi connectivity index (χ0v) is 7.27. The summed E-state index contributed by atoms with van der Waals surface area (Å²) >= 11 is 0. The van der Waals surface area contributed by atoms with Crippen molar-refractivity contribution in [3.05, 3.63) is 0 Å². The van der Waals surface area contributed by atoms with Gasteiger partial charge in [0.1, 0.15) is 0 Å². The van der Waals surface area contributed by atoms with Gasteiger partial charge in [0.15, 0.2) is 0 Å². The second-order valence-corrected chi connectivity index (χ2v) is 3.52. The van der Waals surface area contributed by atoms with E-state index in [2.05, 4.69) is 0 Å². The summed E-state index contributed by atoms with van der Waals surface area (Å²) in [5.74, 6) is -2.97. The average molecular weight is 163 g/mol. The zero-order chi connectivity index (χ0) is 8.65. The van der Waals surface area contributed by atoms with E-state index >= 15 is 0 Å². The van der Waals surface area contributed by atoms with E-state index in [0.29, 0.717) is 6.54 Å². The summed E-state index contributed by atoms with van der Waals surface area (Å²) in [4.78, 5) is 1.99. The Kier molecular flexibility index (Phi) is 2.19. The van der Waals surface area contributed by atoms with E-state index in [1.54, 1.807) is 6.92 Å². The highest BCUT2D eigenvalue weighted by Crippen LogP contribution is 2.36. The van der Waals surface area contributed by atoms with E-state index in [1.165, 1.54) is 0 Å². The van der Waals surface area contributed by atoms with Crippen molar-refractivity contribution in [2.45, 2.75) is 32.2 Å². The Morgan fingerprint density at radius 2 is 1.91 bits per heavy atom. The predicted molar refractivity (Wildman–Crippen MR) is 40.8 cm³/mol. The lowest BCUT2D eigenvalue weighted by atomic mass is 9.89. The molecule has 1 nitrogen and oxygen atoms in total. The molecule has 66 valence electrons. The molecule has 0 aliphatic carbocycles. The minimum atomic E-state index is -2.45. The van der Waals surface area contributed by atoms with Crippen LogP contribution in [0.3, 0.4) is 0 Å². The van der Waals surface area contributed by atoms with Gasteiger partial charge in [-0.3, -0.25) is 0 Å². The SMILES string of the molecule is CC1C(C)C(F)(F)CCN1C. The van der Waals surface area contributed by atoms with Crippen LogP contribution in [0.15, 0.2) is 0 Å². The van der Waals surface area contributed by atoms with Crippen LogP contribution in [0.25, 0.3) is 0 Å². The molecule has 1 saturated heterocycles. The van der Waals surface area contributed by atoms with Gasteiger partial charge in [0.05, 0.1) is 0 Å². The molecule has 2 unspecified atom stereocenters. The fourth-order valence-electron chi connectivity index (χ4n) is 1.49. The van der Waals surface area contributed by atoms with Crippen LogP contribution in [0, 0.1) is 5.92 Å². The normalized spacial score (nSPS) is 39.0. The van der Waals surface area contributed by atoms with Gasteiger partial charge in [0, 0.05) is 24.9 Å². The third kappa shape index (κ3) is 1.53. The second kappa shape index (κ2) is 2.70. The second-order valence-electron chi connectivity index (χ2n) is 3.52. The molecular weight excluding hydrogens is 148 g/mol. The molecular formula is C8H15F2N. The molecule has 1 aliphatic heterocycles. The summed E-state index contributed by atoms with van der Waals surface area (Å²) in [7, 11) is 1.90. The van der Waals surface area contributed by atoms with E-state index in [0.717, 1.165) is 0 Å². The first-order chi connectivity index (χ1) is 4.95. The number of piperidine rings is 1. The van der Waals surface area contributed by atoms with Gasteiger partial charge in [-0.25, -0.2) is 8.78 Å². The summed E-state index contributed by atoms with van der Waals surface area (Å²) in [5.41, 5.74) is 0. The van der Waals surface area contributed by atoms with Crippen molar-refractivity contribution in [3.63, 3.8) is 0 Å². The van der Waals surface area contributed by atoms with E-state index in [9.17, 15) is 8.78 Å². The highest BCUT2D eigenvalue weighted by Gasteiger charge is 2.44. The highest BCUT2D eigenvalue weighted by atomic mass is 19.3. The molecule has 0 saturated carbocycles. The minimum absolute atomic E-state index is 0.00116. The maximum Gasteiger partial charge on any atom is 0.253 e. The maximum atomic E-state index is 13.0. The number of hydrogen-bond donors (Lipinski definition) is 0. The summed E-state index contributed by atoms with van der Waals surface area (Å²) in [5, 5.41) is 0. The average Bonchev–Trinajstić information content (AvgIpc) is 1.95. The molecule has 0 spiro atoms. The van der Waals surface area contributed by atoms with Crippen LogP contribution in [0.4, 0.5) is 8.78 Å². The van der Waals surface area contributed by atoms with Gasteiger partial charge >= 0.3 is 0 Å². The van der Waals surface area contributed by atoms with Crippen molar-refractivity contribution in [1.29, 1.82) is 0 Å². The number of halogens is 2. The third-order valence-electron chi connectivity index (χ3n) is 2.88. The first-order valence-electron chi connectivity index (χ1n) is 4.03. The van der Waals surface area contributed by atoms with Crippen LogP contribution in [0.5, 0.6) is 0 Å². The highest BCUT2D eigenvalue weighted by molar-refractivity contribution is 4.87. The van der Waals surface area contributed by atoms with Crippen molar-refractivity contribution >= 4 is 0 Å². The van der Waals surface area contributed by atoms with Gasteiger partial charge in [-0.2, -0.15) is 0 Å². The van der Waals surface area contributed by atoms with E-state index in [-0.39, 0.29) is 12.5 Å². The predicted octanol–water partition coefficient (Wildman–Crippen LogP) is 1.98. The Labute approximate surface area is 66.4 Å².